The van der Waals surface area contributed by atoms with E-state index in [1.807, 2.05) is 25.2 Å². The molecule has 1 aromatic heterocycles. The van der Waals surface area contributed by atoms with E-state index >= 15 is 0 Å². The molecule has 1 aliphatic carbocycles. The number of piperidine rings is 1. The van der Waals surface area contributed by atoms with Crippen molar-refractivity contribution >= 4 is 17.4 Å². The number of nitrogens with zero attached hydrogens (tertiary/aromatic N) is 1. The van der Waals surface area contributed by atoms with Crippen molar-refractivity contribution < 1.29 is 14.3 Å². The molecule has 162 valence electrons. The summed E-state index contributed by atoms with van der Waals surface area (Å²) in [6.07, 6.45) is 6.18. The van der Waals surface area contributed by atoms with Crippen LogP contribution in [0.5, 0.6) is 0 Å². The number of ether oxygens (including phenoxy) is 2. The van der Waals surface area contributed by atoms with Crippen molar-refractivity contribution in [2.24, 2.45) is 5.92 Å². The lowest BCUT2D eigenvalue weighted by molar-refractivity contribution is -0.114. The molecule has 0 radical (unpaired) electrons. The highest BCUT2D eigenvalue weighted by molar-refractivity contribution is 7.12. The molecule has 1 N–H and O–H groups in total. The molecule has 6 heteroatoms. The van der Waals surface area contributed by atoms with Crippen LogP contribution in [0.15, 0.2) is 6.07 Å². The number of thiophene rings is 1. The highest BCUT2D eigenvalue weighted by Gasteiger charge is 2.45. The molecule has 5 nitrogen and oxygen atoms in total. The average molecular weight is 421 g/mol. The quantitative estimate of drug-likeness (QED) is 0.763. The van der Waals surface area contributed by atoms with Crippen molar-refractivity contribution in [1.82, 2.24) is 10.2 Å². The Morgan fingerprint density at radius 2 is 2.24 bits per heavy atom. The Balaban J connectivity index is 1.29. The summed E-state index contributed by atoms with van der Waals surface area (Å²) in [7, 11) is 0. The van der Waals surface area contributed by atoms with E-state index in [0.717, 1.165) is 58.2 Å². The van der Waals surface area contributed by atoms with E-state index in [4.69, 9.17) is 9.47 Å². The van der Waals surface area contributed by atoms with Crippen molar-refractivity contribution in [2.75, 3.05) is 19.7 Å². The SMILES string of the molecule is CCc1cc2c(s1)CCO[C@@]21CCN(C[C@H]2C[C@@H](NC(=O)OC(C)C)C2)[C@@H](C)C1. The molecule has 2 aliphatic heterocycles. The van der Waals surface area contributed by atoms with Crippen LogP contribution in [0.25, 0.3) is 0 Å². The number of likely N-dealkylation sites (tertiary alicyclic amines) is 1. The molecule has 1 amide bonds. The number of carbonyl (C=O) groups is 1. The molecule has 0 aromatic carbocycles. The molecule has 1 saturated heterocycles. The Bertz CT molecular complexity index is 728. The van der Waals surface area contributed by atoms with Crippen LogP contribution in [0, 0.1) is 5.92 Å². The molecule has 29 heavy (non-hydrogen) atoms. The smallest absolute Gasteiger partial charge is 0.407 e. The lowest BCUT2D eigenvalue weighted by Crippen LogP contribution is -2.54. The van der Waals surface area contributed by atoms with Crippen molar-refractivity contribution in [1.29, 1.82) is 0 Å². The fourth-order valence-corrected chi connectivity index (χ4v) is 6.47. The van der Waals surface area contributed by atoms with Crippen LogP contribution < -0.4 is 5.32 Å². The standard InChI is InChI=1S/C23H36N2O3S/c1-5-19-12-20-21(29-19)6-9-27-23(20)7-8-25(16(4)13-23)14-17-10-18(11-17)24-22(26)28-15(2)3/h12,15-18H,5-11,13-14H2,1-4H3,(H,24,26)/t16-,17-,18+,23+/m0/s1. The molecule has 4 rings (SSSR count). The molecule has 1 saturated carbocycles. The molecule has 2 atom stereocenters. The number of fused-ring (bicyclic) bond motifs is 2. The number of alkyl carbamates (subject to hydrolysis) is 1. The molecule has 1 spiro atoms. The third-order valence-corrected chi connectivity index (χ3v) is 8.19. The van der Waals surface area contributed by atoms with Crippen LogP contribution >= 0.6 is 11.3 Å². The zero-order valence-electron chi connectivity index (χ0n) is 18.3. The molecule has 0 bridgehead atoms. The first-order chi connectivity index (χ1) is 13.9. The van der Waals surface area contributed by atoms with Gasteiger partial charge in [-0.1, -0.05) is 6.92 Å². The van der Waals surface area contributed by atoms with Gasteiger partial charge < -0.3 is 19.7 Å². The van der Waals surface area contributed by atoms with Gasteiger partial charge in [-0.3, -0.25) is 0 Å². The minimum Gasteiger partial charge on any atom is -0.447 e. The first-order valence-electron chi connectivity index (χ1n) is 11.4. The topological polar surface area (TPSA) is 50.8 Å². The summed E-state index contributed by atoms with van der Waals surface area (Å²) < 4.78 is 11.7. The van der Waals surface area contributed by atoms with Gasteiger partial charge in [0, 0.05) is 41.3 Å². The summed E-state index contributed by atoms with van der Waals surface area (Å²) >= 11 is 2.00. The van der Waals surface area contributed by atoms with Crippen LogP contribution in [0.1, 0.15) is 68.7 Å². The van der Waals surface area contributed by atoms with Crippen molar-refractivity contribution in [3.8, 4) is 0 Å². The number of carbonyl (C=O) groups excluding carboxylic acids is 1. The molecule has 3 heterocycles. The van der Waals surface area contributed by atoms with Gasteiger partial charge in [0.25, 0.3) is 0 Å². The van der Waals surface area contributed by atoms with Crippen molar-refractivity contribution in [2.45, 2.75) is 90.0 Å². The number of hydrogen-bond acceptors (Lipinski definition) is 5. The zero-order chi connectivity index (χ0) is 20.6. The van der Waals surface area contributed by atoms with E-state index in [2.05, 4.69) is 30.1 Å². The number of aryl methyl sites for hydroxylation is 1. The Labute approximate surface area is 179 Å². The van der Waals surface area contributed by atoms with Crippen LogP contribution in [0.2, 0.25) is 0 Å². The zero-order valence-corrected chi connectivity index (χ0v) is 19.1. The Kier molecular flexibility index (Phi) is 6.24. The van der Waals surface area contributed by atoms with E-state index in [9.17, 15) is 4.79 Å². The lowest BCUT2D eigenvalue weighted by atomic mass is 9.76. The fourth-order valence-electron chi connectivity index (χ4n) is 5.30. The molecule has 0 unspecified atom stereocenters. The second kappa shape index (κ2) is 8.56. The van der Waals surface area contributed by atoms with Gasteiger partial charge in [0.2, 0.25) is 0 Å². The van der Waals surface area contributed by atoms with E-state index in [1.54, 1.807) is 4.88 Å². The minimum absolute atomic E-state index is 0.0578. The van der Waals surface area contributed by atoms with Gasteiger partial charge in [-0.25, -0.2) is 4.79 Å². The van der Waals surface area contributed by atoms with Gasteiger partial charge in [0.05, 0.1) is 18.3 Å². The predicted molar refractivity (Wildman–Crippen MR) is 117 cm³/mol. The largest absolute Gasteiger partial charge is 0.447 e. The first kappa shape index (κ1) is 21.1. The van der Waals surface area contributed by atoms with Gasteiger partial charge in [-0.05, 0) is 70.4 Å². The highest BCUT2D eigenvalue weighted by Crippen LogP contribution is 2.46. The molecular weight excluding hydrogens is 384 g/mol. The summed E-state index contributed by atoms with van der Waals surface area (Å²) in [5.74, 6) is 0.673. The molecule has 2 fully saturated rings. The second-order valence-corrected chi connectivity index (χ2v) is 10.6. The average Bonchev–Trinajstić information content (AvgIpc) is 3.06. The van der Waals surface area contributed by atoms with E-state index < -0.39 is 0 Å². The van der Waals surface area contributed by atoms with Crippen LogP contribution in [0.4, 0.5) is 4.79 Å². The highest BCUT2D eigenvalue weighted by atomic mass is 32.1. The molecular formula is C23H36N2O3S. The molecule has 1 aromatic rings. The fraction of sp³-hybridized carbons (Fsp3) is 0.783. The lowest BCUT2D eigenvalue weighted by Gasteiger charge is -2.49. The van der Waals surface area contributed by atoms with E-state index in [0.29, 0.717) is 12.0 Å². The van der Waals surface area contributed by atoms with Gasteiger partial charge in [-0.2, -0.15) is 0 Å². The minimum atomic E-state index is -0.274. The van der Waals surface area contributed by atoms with Gasteiger partial charge in [0.1, 0.15) is 0 Å². The summed E-state index contributed by atoms with van der Waals surface area (Å²) in [4.78, 5) is 17.5. The maximum Gasteiger partial charge on any atom is 0.407 e. The van der Waals surface area contributed by atoms with Crippen LogP contribution in [0.3, 0.4) is 0 Å². The summed E-state index contributed by atoms with van der Waals surface area (Å²) in [6, 6.07) is 3.23. The monoisotopic (exact) mass is 420 g/mol. The van der Waals surface area contributed by atoms with Gasteiger partial charge >= 0.3 is 6.09 Å². The van der Waals surface area contributed by atoms with Gasteiger partial charge in [-0.15, -0.1) is 11.3 Å². The Morgan fingerprint density at radius 1 is 1.45 bits per heavy atom. The predicted octanol–water partition coefficient (Wildman–Crippen LogP) is 4.48. The number of amides is 1. The summed E-state index contributed by atoms with van der Waals surface area (Å²) in [6.45, 7) is 11.5. The summed E-state index contributed by atoms with van der Waals surface area (Å²) in [5, 5.41) is 2.99. The Morgan fingerprint density at radius 3 is 2.93 bits per heavy atom. The van der Waals surface area contributed by atoms with Crippen molar-refractivity contribution in [3.63, 3.8) is 0 Å². The van der Waals surface area contributed by atoms with Gasteiger partial charge in [0.15, 0.2) is 0 Å². The van der Waals surface area contributed by atoms with E-state index in [1.165, 1.54) is 10.4 Å². The normalized spacial score (nSPS) is 32.1. The van der Waals surface area contributed by atoms with Crippen molar-refractivity contribution in [3.05, 3.63) is 21.4 Å². The molecule has 3 aliphatic rings. The maximum absolute atomic E-state index is 11.7. The maximum atomic E-state index is 11.7. The number of hydrogen-bond donors (Lipinski definition) is 1. The number of nitrogens with one attached hydrogen (secondary N) is 1. The number of rotatable bonds is 5. The van der Waals surface area contributed by atoms with E-state index in [-0.39, 0.29) is 23.8 Å². The second-order valence-electron chi connectivity index (χ2n) is 9.43. The Hall–Kier alpha value is -1.11. The summed E-state index contributed by atoms with van der Waals surface area (Å²) in [5.41, 5.74) is 1.44. The third-order valence-electron chi connectivity index (χ3n) is 6.85. The first-order valence-corrected chi connectivity index (χ1v) is 12.2. The third kappa shape index (κ3) is 4.49. The van der Waals surface area contributed by atoms with Crippen LogP contribution in [-0.4, -0.2) is 48.9 Å². The van der Waals surface area contributed by atoms with Crippen LogP contribution in [-0.2, 0) is 27.9 Å².